The Hall–Kier alpha value is -1.75. The monoisotopic (exact) mass is 347 g/mol. The number of hydrogen-bond acceptors (Lipinski definition) is 4. The third-order valence-corrected chi connectivity index (χ3v) is 4.14. The lowest BCUT2D eigenvalue weighted by Gasteiger charge is -2.31. The van der Waals surface area contributed by atoms with Crippen LogP contribution in [0.5, 0.6) is 11.5 Å². The standard InChI is InChI=1S/C19H22ClNO3/c1-2-22-16-7-3-14(4-8-16)19(18-13-21-11-12-23-18)24-17-9-5-15(20)6-10-17/h3-10,18-19,21H,2,11-13H2,1H3. The summed E-state index contributed by atoms with van der Waals surface area (Å²) in [6, 6.07) is 15.4. The molecule has 4 nitrogen and oxygen atoms in total. The van der Waals surface area contributed by atoms with Gasteiger partial charge in [0.05, 0.1) is 13.2 Å². The molecule has 0 amide bonds. The minimum Gasteiger partial charge on any atom is -0.494 e. The molecule has 1 fully saturated rings. The average molecular weight is 348 g/mol. The molecule has 0 radical (unpaired) electrons. The molecule has 128 valence electrons. The molecule has 0 aromatic heterocycles. The van der Waals surface area contributed by atoms with Gasteiger partial charge in [0.25, 0.3) is 0 Å². The Morgan fingerprint density at radius 3 is 2.46 bits per heavy atom. The van der Waals surface area contributed by atoms with Crippen molar-refractivity contribution in [3.05, 3.63) is 59.1 Å². The molecule has 1 aliphatic heterocycles. The van der Waals surface area contributed by atoms with Crippen LogP contribution in [0.4, 0.5) is 0 Å². The average Bonchev–Trinajstić information content (AvgIpc) is 2.63. The zero-order valence-corrected chi connectivity index (χ0v) is 14.5. The van der Waals surface area contributed by atoms with Crippen LogP contribution in [0, 0.1) is 0 Å². The van der Waals surface area contributed by atoms with Crippen molar-refractivity contribution in [1.29, 1.82) is 0 Å². The van der Waals surface area contributed by atoms with Gasteiger partial charge >= 0.3 is 0 Å². The fourth-order valence-corrected chi connectivity index (χ4v) is 2.84. The van der Waals surface area contributed by atoms with Crippen LogP contribution < -0.4 is 14.8 Å². The van der Waals surface area contributed by atoms with E-state index in [0.29, 0.717) is 18.2 Å². The van der Waals surface area contributed by atoms with Crippen molar-refractivity contribution < 1.29 is 14.2 Å². The summed E-state index contributed by atoms with van der Waals surface area (Å²) in [6.07, 6.45) is -0.248. The molecular formula is C19H22ClNO3. The van der Waals surface area contributed by atoms with E-state index in [1.807, 2.05) is 55.5 Å². The van der Waals surface area contributed by atoms with Crippen LogP contribution in [0.2, 0.25) is 5.02 Å². The van der Waals surface area contributed by atoms with E-state index < -0.39 is 0 Å². The summed E-state index contributed by atoms with van der Waals surface area (Å²) >= 11 is 5.96. The second-order valence-electron chi connectivity index (χ2n) is 5.61. The molecule has 1 heterocycles. The Kier molecular flexibility index (Phi) is 5.96. The molecule has 1 N–H and O–H groups in total. The van der Waals surface area contributed by atoms with Crippen LogP contribution in [0.15, 0.2) is 48.5 Å². The fraction of sp³-hybridized carbons (Fsp3) is 0.368. The Bertz CT molecular complexity index is 624. The van der Waals surface area contributed by atoms with E-state index in [-0.39, 0.29) is 12.2 Å². The molecule has 3 rings (SSSR count). The van der Waals surface area contributed by atoms with Gasteiger partial charge in [-0.3, -0.25) is 0 Å². The van der Waals surface area contributed by atoms with Crippen molar-refractivity contribution in [2.75, 3.05) is 26.3 Å². The minimum absolute atomic E-state index is 0.0487. The first kappa shape index (κ1) is 17.1. The van der Waals surface area contributed by atoms with Gasteiger partial charge in [-0.15, -0.1) is 0 Å². The number of ether oxygens (including phenoxy) is 3. The third-order valence-electron chi connectivity index (χ3n) is 3.89. The maximum atomic E-state index is 6.23. The molecular weight excluding hydrogens is 326 g/mol. The van der Waals surface area contributed by atoms with Gasteiger partial charge in [0.15, 0.2) is 6.10 Å². The van der Waals surface area contributed by atoms with E-state index in [1.54, 1.807) is 0 Å². The Morgan fingerprint density at radius 2 is 1.83 bits per heavy atom. The number of nitrogens with one attached hydrogen (secondary N) is 1. The fourth-order valence-electron chi connectivity index (χ4n) is 2.72. The highest BCUT2D eigenvalue weighted by Crippen LogP contribution is 2.29. The topological polar surface area (TPSA) is 39.7 Å². The van der Waals surface area contributed by atoms with Gasteiger partial charge in [-0.25, -0.2) is 0 Å². The summed E-state index contributed by atoms with van der Waals surface area (Å²) in [6.45, 7) is 4.93. The first-order valence-corrected chi connectivity index (χ1v) is 8.61. The first-order valence-electron chi connectivity index (χ1n) is 8.23. The SMILES string of the molecule is CCOc1ccc(C(Oc2ccc(Cl)cc2)C2CNCCO2)cc1. The van der Waals surface area contributed by atoms with Gasteiger partial charge < -0.3 is 19.5 Å². The van der Waals surface area contributed by atoms with Crippen LogP contribution in [-0.4, -0.2) is 32.4 Å². The molecule has 2 unspecified atom stereocenters. The van der Waals surface area contributed by atoms with E-state index in [9.17, 15) is 0 Å². The van der Waals surface area contributed by atoms with E-state index in [1.165, 1.54) is 0 Å². The maximum absolute atomic E-state index is 6.23. The highest BCUT2D eigenvalue weighted by molar-refractivity contribution is 6.30. The maximum Gasteiger partial charge on any atom is 0.151 e. The van der Waals surface area contributed by atoms with Crippen molar-refractivity contribution in [3.63, 3.8) is 0 Å². The Balaban J connectivity index is 1.81. The van der Waals surface area contributed by atoms with E-state index in [4.69, 9.17) is 25.8 Å². The molecule has 0 bridgehead atoms. The number of morpholine rings is 1. The molecule has 24 heavy (non-hydrogen) atoms. The van der Waals surface area contributed by atoms with Crippen LogP contribution in [0.25, 0.3) is 0 Å². The van der Waals surface area contributed by atoms with E-state index in [2.05, 4.69) is 5.32 Å². The van der Waals surface area contributed by atoms with Crippen molar-refractivity contribution in [3.8, 4) is 11.5 Å². The van der Waals surface area contributed by atoms with Crippen molar-refractivity contribution in [2.24, 2.45) is 0 Å². The molecule has 1 saturated heterocycles. The number of hydrogen-bond donors (Lipinski definition) is 1. The number of rotatable bonds is 6. The normalized spacial score (nSPS) is 18.8. The highest BCUT2D eigenvalue weighted by Gasteiger charge is 2.28. The van der Waals surface area contributed by atoms with Crippen molar-refractivity contribution in [1.82, 2.24) is 5.32 Å². The predicted molar refractivity (Wildman–Crippen MR) is 95.0 cm³/mol. The van der Waals surface area contributed by atoms with Crippen molar-refractivity contribution in [2.45, 2.75) is 19.1 Å². The number of benzene rings is 2. The first-order chi connectivity index (χ1) is 11.8. The van der Waals surface area contributed by atoms with Crippen molar-refractivity contribution >= 4 is 11.6 Å². The van der Waals surface area contributed by atoms with Gasteiger partial charge in [-0.05, 0) is 48.9 Å². The van der Waals surface area contributed by atoms with Crippen LogP contribution in [-0.2, 0) is 4.74 Å². The van der Waals surface area contributed by atoms with E-state index >= 15 is 0 Å². The predicted octanol–water partition coefficient (Wildman–Crippen LogP) is 3.85. The zero-order valence-electron chi connectivity index (χ0n) is 13.7. The molecule has 0 spiro atoms. The number of halogens is 1. The quantitative estimate of drug-likeness (QED) is 0.861. The Labute approximate surface area is 147 Å². The zero-order chi connectivity index (χ0) is 16.8. The molecule has 0 aliphatic carbocycles. The summed E-state index contributed by atoms with van der Waals surface area (Å²) in [5.41, 5.74) is 1.06. The lowest BCUT2D eigenvalue weighted by Crippen LogP contribution is -2.43. The molecule has 5 heteroatoms. The van der Waals surface area contributed by atoms with Gasteiger partial charge in [-0.1, -0.05) is 23.7 Å². The molecule has 2 aromatic carbocycles. The van der Waals surface area contributed by atoms with Crippen LogP contribution in [0.3, 0.4) is 0 Å². The minimum atomic E-state index is -0.199. The summed E-state index contributed by atoms with van der Waals surface area (Å²) in [5, 5.41) is 4.05. The summed E-state index contributed by atoms with van der Waals surface area (Å²) in [4.78, 5) is 0. The summed E-state index contributed by atoms with van der Waals surface area (Å²) < 4.78 is 17.7. The van der Waals surface area contributed by atoms with E-state index in [0.717, 1.165) is 30.2 Å². The largest absolute Gasteiger partial charge is 0.494 e. The molecule has 1 aliphatic rings. The van der Waals surface area contributed by atoms with Gasteiger partial charge in [0, 0.05) is 18.1 Å². The molecule has 2 atom stereocenters. The summed E-state index contributed by atoms with van der Waals surface area (Å²) in [5.74, 6) is 1.63. The lowest BCUT2D eigenvalue weighted by molar-refractivity contribution is -0.0432. The Morgan fingerprint density at radius 1 is 1.12 bits per heavy atom. The second-order valence-corrected chi connectivity index (χ2v) is 6.04. The molecule has 2 aromatic rings. The second kappa shape index (κ2) is 8.38. The third kappa shape index (κ3) is 4.41. The lowest BCUT2D eigenvalue weighted by atomic mass is 10.0. The van der Waals surface area contributed by atoms with Crippen LogP contribution in [0.1, 0.15) is 18.6 Å². The highest BCUT2D eigenvalue weighted by atomic mass is 35.5. The molecule has 0 saturated carbocycles. The van der Waals surface area contributed by atoms with Gasteiger partial charge in [0.2, 0.25) is 0 Å². The van der Waals surface area contributed by atoms with Crippen LogP contribution >= 0.6 is 11.6 Å². The van der Waals surface area contributed by atoms with Gasteiger partial charge in [0.1, 0.15) is 17.6 Å². The van der Waals surface area contributed by atoms with Gasteiger partial charge in [-0.2, -0.15) is 0 Å². The smallest absolute Gasteiger partial charge is 0.151 e. The summed E-state index contributed by atoms with van der Waals surface area (Å²) in [7, 11) is 0.